The van der Waals surface area contributed by atoms with Gasteiger partial charge in [-0.2, -0.15) is 0 Å². The SMILES string of the molecule is Cc1cc(C(=O)N2CC(CN)CC2C)ccc1Cl. The summed E-state index contributed by atoms with van der Waals surface area (Å²) >= 11 is 5.98. The van der Waals surface area contributed by atoms with E-state index in [9.17, 15) is 4.79 Å². The summed E-state index contributed by atoms with van der Waals surface area (Å²) in [5, 5.41) is 0.695. The van der Waals surface area contributed by atoms with Crippen molar-refractivity contribution in [3.05, 3.63) is 34.3 Å². The summed E-state index contributed by atoms with van der Waals surface area (Å²) < 4.78 is 0. The second kappa shape index (κ2) is 5.29. The number of benzene rings is 1. The zero-order valence-corrected chi connectivity index (χ0v) is 11.6. The molecular formula is C14H19ClN2O. The molecule has 0 saturated carbocycles. The van der Waals surface area contributed by atoms with Crippen molar-refractivity contribution in [2.75, 3.05) is 13.1 Å². The molecule has 1 heterocycles. The zero-order chi connectivity index (χ0) is 13.3. The summed E-state index contributed by atoms with van der Waals surface area (Å²) in [5.41, 5.74) is 7.33. The first-order valence-electron chi connectivity index (χ1n) is 6.30. The van der Waals surface area contributed by atoms with Crippen LogP contribution in [0, 0.1) is 12.8 Å². The maximum atomic E-state index is 12.4. The van der Waals surface area contributed by atoms with Gasteiger partial charge in [-0.15, -0.1) is 0 Å². The molecule has 0 spiro atoms. The van der Waals surface area contributed by atoms with Crippen LogP contribution >= 0.6 is 11.6 Å². The first kappa shape index (κ1) is 13.4. The Labute approximate surface area is 113 Å². The first-order chi connectivity index (χ1) is 8.52. The van der Waals surface area contributed by atoms with Gasteiger partial charge in [-0.05, 0) is 56.5 Å². The number of rotatable bonds is 2. The van der Waals surface area contributed by atoms with E-state index in [0.29, 0.717) is 23.0 Å². The second-order valence-electron chi connectivity index (χ2n) is 5.11. The molecule has 0 bridgehead atoms. The molecule has 2 atom stereocenters. The average Bonchev–Trinajstić information content (AvgIpc) is 2.73. The van der Waals surface area contributed by atoms with Gasteiger partial charge in [0.1, 0.15) is 0 Å². The molecule has 0 aromatic heterocycles. The normalized spacial score (nSPS) is 23.4. The first-order valence-corrected chi connectivity index (χ1v) is 6.68. The maximum Gasteiger partial charge on any atom is 0.254 e. The van der Waals surface area contributed by atoms with Crippen LogP contribution in [0.4, 0.5) is 0 Å². The Balaban J connectivity index is 2.18. The number of likely N-dealkylation sites (tertiary alicyclic amines) is 1. The standard InChI is InChI=1S/C14H19ClN2O/c1-9-5-12(3-4-13(9)15)14(18)17-8-11(7-16)6-10(17)2/h3-5,10-11H,6-8,16H2,1-2H3. The zero-order valence-electron chi connectivity index (χ0n) is 10.8. The molecule has 1 aromatic carbocycles. The number of carbonyl (C=O) groups is 1. The molecule has 98 valence electrons. The minimum absolute atomic E-state index is 0.0817. The van der Waals surface area contributed by atoms with E-state index in [-0.39, 0.29) is 11.9 Å². The van der Waals surface area contributed by atoms with Crippen molar-refractivity contribution in [1.29, 1.82) is 0 Å². The summed E-state index contributed by atoms with van der Waals surface area (Å²) in [4.78, 5) is 14.3. The number of aryl methyl sites for hydroxylation is 1. The third kappa shape index (κ3) is 2.52. The number of amides is 1. The molecular weight excluding hydrogens is 248 g/mol. The maximum absolute atomic E-state index is 12.4. The number of nitrogens with zero attached hydrogens (tertiary/aromatic N) is 1. The van der Waals surface area contributed by atoms with Crippen LogP contribution in [0.5, 0.6) is 0 Å². The third-order valence-corrected chi connectivity index (χ3v) is 4.08. The van der Waals surface area contributed by atoms with Gasteiger partial charge in [0.2, 0.25) is 0 Å². The lowest BCUT2D eigenvalue weighted by Crippen LogP contribution is -2.34. The number of carbonyl (C=O) groups excluding carboxylic acids is 1. The van der Waals surface area contributed by atoms with Gasteiger partial charge in [0, 0.05) is 23.2 Å². The van der Waals surface area contributed by atoms with Gasteiger partial charge < -0.3 is 10.6 Å². The van der Waals surface area contributed by atoms with E-state index in [1.54, 1.807) is 12.1 Å². The largest absolute Gasteiger partial charge is 0.336 e. The predicted octanol–water partition coefficient (Wildman–Crippen LogP) is 2.46. The summed E-state index contributed by atoms with van der Waals surface area (Å²) in [5.74, 6) is 0.510. The second-order valence-corrected chi connectivity index (χ2v) is 5.52. The van der Waals surface area contributed by atoms with E-state index in [1.165, 1.54) is 0 Å². The van der Waals surface area contributed by atoms with Crippen molar-refractivity contribution in [2.24, 2.45) is 11.7 Å². The third-order valence-electron chi connectivity index (χ3n) is 3.66. The van der Waals surface area contributed by atoms with E-state index < -0.39 is 0 Å². The quantitative estimate of drug-likeness (QED) is 0.894. The van der Waals surface area contributed by atoms with Gasteiger partial charge in [-0.3, -0.25) is 4.79 Å². The van der Waals surface area contributed by atoms with Crippen LogP contribution in [-0.4, -0.2) is 29.9 Å². The van der Waals surface area contributed by atoms with E-state index in [0.717, 1.165) is 18.5 Å². The summed E-state index contributed by atoms with van der Waals surface area (Å²) in [6.45, 7) is 5.40. The molecule has 0 radical (unpaired) electrons. The molecule has 1 amide bonds. The predicted molar refractivity (Wildman–Crippen MR) is 73.8 cm³/mol. The average molecular weight is 267 g/mol. The lowest BCUT2D eigenvalue weighted by Gasteiger charge is -2.21. The van der Waals surface area contributed by atoms with E-state index in [2.05, 4.69) is 6.92 Å². The molecule has 3 nitrogen and oxygen atoms in total. The molecule has 1 fully saturated rings. The molecule has 2 unspecified atom stereocenters. The Morgan fingerprint density at radius 3 is 2.83 bits per heavy atom. The van der Waals surface area contributed by atoms with Crippen LogP contribution < -0.4 is 5.73 Å². The highest BCUT2D eigenvalue weighted by molar-refractivity contribution is 6.31. The van der Waals surface area contributed by atoms with Crippen molar-refractivity contribution < 1.29 is 4.79 Å². The van der Waals surface area contributed by atoms with Crippen LogP contribution in [0.2, 0.25) is 5.02 Å². The molecule has 1 saturated heterocycles. The van der Waals surface area contributed by atoms with Gasteiger partial charge in [-0.1, -0.05) is 11.6 Å². The molecule has 4 heteroatoms. The summed E-state index contributed by atoms with van der Waals surface area (Å²) in [7, 11) is 0. The fourth-order valence-corrected chi connectivity index (χ4v) is 2.66. The van der Waals surface area contributed by atoms with Gasteiger partial charge in [-0.25, -0.2) is 0 Å². The highest BCUT2D eigenvalue weighted by atomic mass is 35.5. The highest BCUT2D eigenvalue weighted by Crippen LogP contribution is 2.25. The minimum Gasteiger partial charge on any atom is -0.336 e. The number of halogens is 1. The van der Waals surface area contributed by atoms with Crippen LogP contribution in [0.3, 0.4) is 0 Å². The van der Waals surface area contributed by atoms with Crippen LogP contribution in [0.15, 0.2) is 18.2 Å². The molecule has 0 aliphatic carbocycles. The Morgan fingerprint density at radius 1 is 1.56 bits per heavy atom. The smallest absolute Gasteiger partial charge is 0.254 e. The van der Waals surface area contributed by atoms with Gasteiger partial charge in [0.25, 0.3) is 5.91 Å². The molecule has 2 N–H and O–H groups in total. The Hall–Kier alpha value is -1.06. The van der Waals surface area contributed by atoms with E-state index in [1.807, 2.05) is 17.9 Å². The minimum atomic E-state index is 0.0817. The fourth-order valence-electron chi connectivity index (χ4n) is 2.54. The Morgan fingerprint density at radius 2 is 2.28 bits per heavy atom. The van der Waals surface area contributed by atoms with Gasteiger partial charge in [0.15, 0.2) is 0 Å². The van der Waals surface area contributed by atoms with Crippen LogP contribution in [-0.2, 0) is 0 Å². The lowest BCUT2D eigenvalue weighted by molar-refractivity contribution is 0.0743. The van der Waals surface area contributed by atoms with Gasteiger partial charge >= 0.3 is 0 Å². The van der Waals surface area contributed by atoms with Gasteiger partial charge in [0.05, 0.1) is 0 Å². The summed E-state index contributed by atoms with van der Waals surface area (Å²) in [6.07, 6.45) is 0.995. The van der Waals surface area contributed by atoms with Crippen molar-refractivity contribution in [2.45, 2.75) is 26.3 Å². The molecule has 2 rings (SSSR count). The topological polar surface area (TPSA) is 46.3 Å². The van der Waals surface area contributed by atoms with Crippen LogP contribution in [0.25, 0.3) is 0 Å². The Bertz CT molecular complexity index is 461. The molecule has 1 aliphatic rings. The lowest BCUT2D eigenvalue weighted by atomic mass is 10.1. The molecule has 1 aliphatic heterocycles. The number of nitrogens with two attached hydrogens (primary N) is 1. The van der Waals surface area contributed by atoms with Crippen molar-refractivity contribution in [3.8, 4) is 0 Å². The monoisotopic (exact) mass is 266 g/mol. The van der Waals surface area contributed by atoms with E-state index >= 15 is 0 Å². The van der Waals surface area contributed by atoms with Crippen molar-refractivity contribution >= 4 is 17.5 Å². The number of hydrogen-bond donors (Lipinski definition) is 1. The molecule has 18 heavy (non-hydrogen) atoms. The highest BCUT2D eigenvalue weighted by Gasteiger charge is 2.32. The summed E-state index contributed by atoms with van der Waals surface area (Å²) in [6, 6.07) is 5.69. The molecule has 1 aromatic rings. The Kier molecular flexibility index (Phi) is 3.93. The fraction of sp³-hybridized carbons (Fsp3) is 0.500. The number of hydrogen-bond acceptors (Lipinski definition) is 2. The van der Waals surface area contributed by atoms with Crippen LogP contribution in [0.1, 0.15) is 29.3 Å². The van der Waals surface area contributed by atoms with Crippen molar-refractivity contribution in [3.63, 3.8) is 0 Å². The van der Waals surface area contributed by atoms with Crippen molar-refractivity contribution in [1.82, 2.24) is 4.90 Å². The van der Waals surface area contributed by atoms with E-state index in [4.69, 9.17) is 17.3 Å².